The molecule has 0 fully saturated rings. The highest BCUT2D eigenvalue weighted by atomic mass is 19.1. The van der Waals surface area contributed by atoms with Gasteiger partial charge in [-0.1, -0.05) is 0 Å². The van der Waals surface area contributed by atoms with Crippen molar-refractivity contribution >= 4 is 5.78 Å². The summed E-state index contributed by atoms with van der Waals surface area (Å²) < 4.78 is 34.4. The number of tetrazole rings is 1. The SMILES string of the molecule is O=C1CCc2c1ccc(OCc1nnnn1-c1ccc(F)cc1)c2F. The molecule has 0 N–H and O–H groups in total. The Morgan fingerprint density at radius 1 is 1.08 bits per heavy atom. The number of ketones is 1. The monoisotopic (exact) mass is 342 g/mol. The molecule has 1 aromatic heterocycles. The summed E-state index contributed by atoms with van der Waals surface area (Å²) in [5.41, 5.74) is 1.37. The van der Waals surface area contributed by atoms with E-state index >= 15 is 0 Å². The topological polar surface area (TPSA) is 69.9 Å². The third kappa shape index (κ3) is 2.75. The first-order valence-electron chi connectivity index (χ1n) is 7.64. The number of hydrogen-bond acceptors (Lipinski definition) is 5. The number of benzene rings is 2. The summed E-state index contributed by atoms with van der Waals surface area (Å²) in [7, 11) is 0. The molecule has 4 rings (SSSR count). The van der Waals surface area contributed by atoms with Crippen molar-refractivity contribution in [1.29, 1.82) is 0 Å². The molecule has 0 unspecified atom stereocenters. The van der Waals surface area contributed by atoms with Gasteiger partial charge in [0.15, 0.2) is 23.2 Å². The lowest BCUT2D eigenvalue weighted by atomic mass is 10.1. The number of hydrogen-bond donors (Lipinski definition) is 0. The van der Waals surface area contributed by atoms with E-state index in [0.29, 0.717) is 35.5 Å². The molecule has 0 saturated heterocycles. The van der Waals surface area contributed by atoms with Crippen LogP contribution in [0.4, 0.5) is 8.78 Å². The Balaban J connectivity index is 1.56. The van der Waals surface area contributed by atoms with Crippen molar-refractivity contribution < 1.29 is 18.3 Å². The maximum absolute atomic E-state index is 14.5. The summed E-state index contributed by atoms with van der Waals surface area (Å²) in [6, 6.07) is 8.64. The van der Waals surface area contributed by atoms with Crippen LogP contribution in [0.2, 0.25) is 0 Å². The van der Waals surface area contributed by atoms with E-state index in [0.717, 1.165) is 0 Å². The molecule has 6 nitrogen and oxygen atoms in total. The van der Waals surface area contributed by atoms with Crippen LogP contribution in [0.15, 0.2) is 36.4 Å². The van der Waals surface area contributed by atoms with Crippen molar-refractivity contribution in [2.24, 2.45) is 0 Å². The van der Waals surface area contributed by atoms with Gasteiger partial charge in [-0.25, -0.2) is 8.78 Å². The van der Waals surface area contributed by atoms with Crippen molar-refractivity contribution in [3.05, 3.63) is 65.0 Å². The number of aromatic nitrogens is 4. The fraction of sp³-hybridized carbons (Fsp3) is 0.176. The molecule has 0 atom stereocenters. The Kier molecular flexibility index (Phi) is 3.72. The van der Waals surface area contributed by atoms with Gasteiger partial charge in [0.1, 0.15) is 12.4 Å². The lowest BCUT2D eigenvalue weighted by molar-refractivity contribution is 0.0994. The van der Waals surface area contributed by atoms with Gasteiger partial charge in [0.2, 0.25) is 0 Å². The largest absolute Gasteiger partial charge is 0.482 e. The van der Waals surface area contributed by atoms with E-state index in [1.165, 1.54) is 35.0 Å². The molecule has 0 spiro atoms. The fourth-order valence-corrected chi connectivity index (χ4v) is 2.81. The van der Waals surface area contributed by atoms with Gasteiger partial charge in [-0.2, -0.15) is 4.68 Å². The van der Waals surface area contributed by atoms with Crippen molar-refractivity contribution in [3.63, 3.8) is 0 Å². The van der Waals surface area contributed by atoms with Crippen LogP contribution in [0.5, 0.6) is 5.75 Å². The molecular formula is C17H12F2N4O2. The fourth-order valence-electron chi connectivity index (χ4n) is 2.81. The first kappa shape index (κ1) is 15.4. The maximum atomic E-state index is 14.5. The zero-order chi connectivity index (χ0) is 17.4. The first-order valence-corrected chi connectivity index (χ1v) is 7.64. The van der Waals surface area contributed by atoms with Crippen LogP contribution in [0.1, 0.15) is 28.2 Å². The Hall–Kier alpha value is -3.16. The van der Waals surface area contributed by atoms with E-state index in [1.54, 1.807) is 6.07 Å². The van der Waals surface area contributed by atoms with E-state index < -0.39 is 5.82 Å². The summed E-state index contributed by atoms with van der Waals surface area (Å²) in [5.74, 6) is -0.570. The number of Topliss-reactive ketones (excluding diaryl/α,β-unsaturated/α-hetero) is 1. The Labute approximate surface area is 141 Å². The predicted octanol–water partition coefficient (Wildman–Crippen LogP) is 2.65. The number of nitrogens with zero attached hydrogens (tertiary/aromatic N) is 4. The number of rotatable bonds is 4. The number of ether oxygens (including phenoxy) is 1. The lowest BCUT2D eigenvalue weighted by Crippen LogP contribution is -2.08. The summed E-state index contributed by atoms with van der Waals surface area (Å²) in [4.78, 5) is 11.6. The molecule has 2 aromatic carbocycles. The van der Waals surface area contributed by atoms with E-state index in [2.05, 4.69) is 15.5 Å². The zero-order valence-corrected chi connectivity index (χ0v) is 12.9. The summed E-state index contributed by atoms with van der Waals surface area (Å²) in [6.07, 6.45) is 0.697. The van der Waals surface area contributed by atoms with Crippen LogP contribution in [0, 0.1) is 11.6 Å². The van der Waals surface area contributed by atoms with Gasteiger partial charge in [0, 0.05) is 17.5 Å². The number of halogens is 2. The van der Waals surface area contributed by atoms with Gasteiger partial charge in [-0.15, -0.1) is 5.10 Å². The van der Waals surface area contributed by atoms with Crippen molar-refractivity contribution in [1.82, 2.24) is 20.2 Å². The van der Waals surface area contributed by atoms with Gasteiger partial charge < -0.3 is 4.74 Å². The van der Waals surface area contributed by atoms with Gasteiger partial charge in [-0.05, 0) is 53.2 Å². The Morgan fingerprint density at radius 3 is 2.68 bits per heavy atom. The molecule has 1 aliphatic carbocycles. The molecule has 0 aliphatic heterocycles. The van der Waals surface area contributed by atoms with Crippen LogP contribution in [0.3, 0.4) is 0 Å². The average molecular weight is 342 g/mol. The van der Waals surface area contributed by atoms with Gasteiger partial charge in [0.25, 0.3) is 0 Å². The van der Waals surface area contributed by atoms with E-state index in [-0.39, 0.29) is 24.0 Å². The molecule has 8 heteroatoms. The number of carbonyl (C=O) groups excluding carboxylic acids is 1. The normalized spacial score (nSPS) is 13.1. The average Bonchev–Trinajstić information content (AvgIpc) is 3.22. The summed E-state index contributed by atoms with van der Waals surface area (Å²) in [6.45, 7) is -0.0754. The van der Waals surface area contributed by atoms with Crippen LogP contribution >= 0.6 is 0 Å². The van der Waals surface area contributed by atoms with E-state index in [9.17, 15) is 13.6 Å². The second-order valence-electron chi connectivity index (χ2n) is 5.60. The highest BCUT2D eigenvalue weighted by molar-refractivity contribution is 6.00. The molecular weight excluding hydrogens is 330 g/mol. The molecule has 1 aliphatic rings. The number of fused-ring (bicyclic) bond motifs is 1. The minimum atomic E-state index is -0.524. The minimum Gasteiger partial charge on any atom is -0.482 e. The standard InChI is InChI=1S/C17H12F2N4O2/c18-10-1-3-11(4-2-10)23-16(20-21-22-23)9-25-15-8-6-12-13(17(15)19)5-7-14(12)24/h1-4,6,8H,5,7,9H2. The second-order valence-corrected chi connectivity index (χ2v) is 5.60. The lowest BCUT2D eigenvalue weighted by Gasteiger charge is -2.10. The van der Waals surface area contributed by atoms with Crippen molar-refractivity contribution in [2.75, 3.05) is 0 Å². The highest BCUT2D eigenvalue weighted by Gasteiger charge is 2.25. The van der Waals surface area contributed by atoms with Crippen LogP contribution < -0.4 is 4.74 Å². The molecule has 0 radical (unpaired) electrons. The Morgan fingerprint density at radius 2 is 1.88 bits per heavy atom. The van der Waals surface area contributed by atoms with Crippen molar-refractivity contribution in [2.45, 2.75) is 19.4 Å². The Bertz CT molecular complexity index is 954. The smallest absolute Gasteiger partial charge is 0.194 e. The second kappa shape index (κ2) is 6.04. The van der Waals surface area contributed by atoms with Gasteiger partial charge >= 0.3 is 0 Å². The summed E-state index contributed by atoms with van der Waals surface area (Å²) in [5, 5.41) is 11.3. The van der Waals surface area contributed by atoms with E-state index in [1.807, 2.05) is 0 Å². The number of carbonyl (C=O) groups is 1. The zero-order valence-electron chi connectivity index (χ0n) is 12.9. The molecule has 0 saturated carbocycles. The maximum Gasteiger partial charge on any atom is 0.194 e. The first-order chi connectivity index (χ1) is 12.1. The third-order valence-electron chi connectivity index (χ3n) is 4.07. The summed E-state index contributed by atoms with van der Waals surface area (Å²) >= 11 is 0. The quantitative estimate of drug-likeness (QED) is 0.729. The predicted molar refractivity (Wildman–Crippen MR) is 82.5 cm³/mol. The van der Waals surface area contributed by atoms with E-state index in [4.69, 9.17) is 4.74 Å². The molecule has 0 bridgehead atoms. The molecule has 3 aromatic rings. The minimum absolute atomic E-state index is 0.0436. The molecule has 126 valence electrons. The third-order valence-corrected chi connectivity index (χ3v) is 4.07. The molecule has 25 heavy (non-hydrogen) atoms. The van der Waals surface area contributed by atoms with Crippen molar-refractivity contribution in [3.8, 4) is 11.4 Å². The van der Waals surface area contributed by atoms with Gasteiger partial charge in [-0.3, -0.25) is 4.79 Å². The molecule has 1 heterocycles. The van der Waals surface area contributed by atoms with Crippen LogP contribution in [0.25, 0.3) is 5.69 Å². The van der Waals surface area contributed by atoms with Gasteiger partial charge in [0.05, 0.1) is 5.69 Å². The van der Waals surface area contributed by atoms with Crippen LogP contribution in [-0.4, -0.2) is 26.0 Å². The molecule has 0 amide bonds. The van der Waals surface area contributed by atoms with Crippen LogP contribution in [-0.2, 0) is 13.0 Å². The highest BCUT2D eigenvalue weighted by Crippen LogP contribution is 2.30.